The van der Waals surface area contributed by atoms with Gasteiger partial charge in [0.2, 0.25) is 5.88 Å². The maximum atomic E-state index is 12.8. The molecule has 0 bridgehead atoms. The molecule has 0 radical (unpaired) electrons. The minimum Gasteiger partial charge on any atom is -0.493 e. The van der Waals surface area contributed by atoms with Crippen molar-refractivity contribution in [2.45, 2.75) is 5.75 Å². The van der Waals surface area contributed by atoms with E-state index in [1.165, 1.54) is 36.0 Å². The molecule has 0 aliphatic carbocycles. The predicted molar refractivity (Wildman–Crippen MR) is 69.1 cm³/mol. The largest absolute Gasteiger partial charge is 0.493 e. The molecule has 2 rings (SSSR count). The highest BCUT2D eigenvalue weighted by atomic mass is 32.2. The van der Waals surface area contributed by atoms with E-state index in [2.05, 4.69) is 9.97 Å². The van der Waals surface area contributed by atoms with Crippen molar-refractivity contribution in [2.24, 2.45) is 0 Å². The molecule has 2 N–H and O–H groups in total. The van der Waals surface area contributed by atoms with Crippen LogP contribution in [0.5, 0.6) is 5.88 Å². The predicted octanol–water partition coefficient (Wildman–Crippen LogP) is 2.14. The van der Waals surface area contributed by atoms with Crippen LogP contribution in [0.2, 0.25) is 0 Å². The lowest BCUT2D eigenvalue weighted by Gasteiger charge is -2.05. The fourth-order valence-corrected chi connectivity index (χ4v) is 2.00. The van der Waals surface area contributed by atoms with Gasteiger partial charge in [0.1, 0.15) is 17.2 Å². The van der Waals surface area contributed by atoms with Gasteiger partial charge >= 0.3 is 0 Å². The Balaban J connectivity index is 2.52. The first kappa shape index (κ1) is 12.6. The summed E-state index contributed by atoms with van der Waals surface area (Å²) in [6.45, 7) is 0. The van der Waals surface area contributed by atoms with Crippen LogP contribution in [0, 0.1) is 5.82 Å². The Morgan fingerprint density at radius 3 is 2.61 bits per heavy atom. The molecule has 0 amide bonds. The highest BCUT2D eigenvalue weighted by Gasteiger charge is 2.12. The maximum Gasteiger partial charge on any atom is 0.262 e. The number of halogens is 1. The second-order valence-electron chi connectivity index (χ2n) is 3.65. The molecule has 0 saturated carbocycles. The molecule has 0 fully saturated rings. The summed E-state index contributed by atoms with van der Waals surface area (Å²) >= 11 is 1.48. The third kappa shape index (κ3) is 2.53. The van der Waals surface area contributed by atoms with Crippen molar-refractivity contribution >= 4 is 11.8 Å². The molecule has 2 aromatic rings. The third-order valence-electron chi connectivity index (χ3n) is 2.36. The highest BCUT2D eigenvalue weighted by molar-refractivity contribution is 7.97. The standard InChI is InChI=1S/C12H11FN2O2S/c1-18-6-9-14-11(16)10(12(17)15-9)7-2-4-8(13)5-3-7/h2-5H,6H2,1H3,(H2,14,15,16,17). The minimum absolute atomic E-state index is 0.0554. The Labute approximate surface area is 107 Å². The summed E-state index contributed by atoms with van der Waals surface area (Å²) in [5.74, 6) is 0.180. The number of rotatable bonds is 3. The van der Waals surface area contributed by atoms with Crippen LogP contribution in [-0.4, -0.2) is 21.3 Å². The molecule has 1 aromatic heterocycles. The molecule has 6 heteroatoms. The summed E-state index contributed by atoms with van der Waals surface area (Å²) in [6.07, 6.45) is 1.87. The van der Waals surface area contributed by atoms with E-state index in [0.717, 1.165) is 0 Å². The van der Waals surface area contributed by atoms with Crippen molar-refractivity contribution in [3.63, 3.8) is 0 Å². The average molecular weight is 266 g/mol. The van der Waals surface area contributed by atoms with Gasteiger partial charge in [0.15, 0.2) is 0 Å². The van der Waals surface area contributed by atoms with Crippen molar-refractivity contribution in [1.29, 1.82) is 0 Å². The van der Waals surface area contributed by atoms with Crippen LogP contribution >= 0.6 is 11.8 Å². The van der Waals surface area contributed by atoms with E-state index in [4.69, 9.17) is 0 Å². The number of aromatic hydroxyl groups is 1. The molecule has 94 valence electrons. The lowest BCUT2D eigenvalue weighted by molar-refractivity contribution is 0.451. The van der Waals surface area contributed by atoms with Crippen molar-refractivity contribution in [2.75, 3.05) is 6.26 Å². The van der Waals surface area contributed by atoms with Gasteiger partial charge in [-0.25, -0.2) is 4.39 Å². The van der Waals surface area contributed by atoms with Crippen LogP contribution in [0.25, 0.3) is 11.1 Å². The van der Waals surface area contributed by atoms with Gasteiger partial charge in [0, 0.05) is 0 Å². The lowest BCUT2D eigenvalue weighted by atomic mass is 10.1. The molecule has 1 aromatic carbocycles. The van der Waals surface area contributed by atoms with E-state index >= 15 is 0 Å². The monoisotopic (exact) mass is 266 g/mol. The molecule has 0 atom stereocenters. The number of thioether (sulfide) groups is 1. The zero-order valence-electron chi connectivity index (χ0n) is 9.61. The number of H-pyrrole nitrogens is 1. The van der Waals surface area contributed by atoms with E-state index in [9.17, 15) is 14.3 Å². The molecule has 0 aliphatic heterocycles. The van der Waals surface area contributed by atoms with E-state index in [0.29, 0.717) is 17.1 Å². The fraction of sp³-hybridized carbons (Fsp3) is 0.167. The first-order valence-corrected chi connectivity index (χ1v) is 6.58. The number of hydrogen-bond donors (Lipinski definition) is 2. The molecular formula is C12H11FN2O2S. The molecule has 0 aliphatic rings. The summed E-state index contributed by atoms with van der Waals surface area (Å²) in [4.78, 5) is 18.4. The molecule has 0 spiro atoms. The Morgan fingerprint density at radius 1 is 1.39 bits per heavy atom. The van der Waals surface area contributed by atoms with Crippen LogP contribution in [0.3, 0.4) is 0 Å². The van der Waals surface area contributed by atoms with E-state index in [-0.39, 0.29) is 11.4 Å². The SMILES string of the molecule is CSCc1nc(O)c(-c2ccc(F)cc2)c(=O)[nH]1. The Hall–Kier alpha value is -1.82. The van der Waals surface area contributed by atoms with Crippen LogP contribution in [0.4, 0.5) is 4.39 Å². The third-order valence-corrected chi connectivity index (χ3v) is 2.93. The Kier molecular flexibility index (Phi) is 3.66. The highest BCUT2D eigenvalue weighted by Crippen LogP contribution is 2.23. The first-order valence-electron chi connectivity index (χ1n) is 5.19. The maximum absolute atomic E-state index is 12.8. The number of aromatic amines is 1. The van der Waals surface area contributed by atoms with Gasteiger partial charge in [-0.05, 0) is 24.0 Å². The van der Waals surface area contributed by atoms with Crippen LogP contribution in [0.15, 0.2) is 29.1 Å². The summed E-state index contributed by atoms with van der Waals surface area (Å²) in [6, 6.07) is 5.30. The smallest absolute Gasteiger partial charge is 0.262 e. The number of hydrogen-bond acceptors (Lipinski definition) is 4. The van der Waals surface area contributed by atoms with Gasteiger partial charge in [-0.15, -0.1) is 0 Å². The van der Waals surface area contributed by atoms with Crippen LogP contribution in [-0.2, 0) is 5.75 Å². The van der Waals surface area contributed by atoms with Gasteiger partial charge in [-0.1, -0.05) is 12.1 Å². The molecule has 0 saturated heterocycles. The van der Waals surface area contributed by atoms with E-state index in [1.807, 2.05) is 6.26 Å². The van der Waals surface area contributed by atoms with Crippen molar-refractivity contribution in [3.8, 4) is 17.0 Å². The van der Waals surface area contributed by atoms with Crippen molar-refractivity contribution in [3.05, 3.63) is 46.3 Å². The quantitative estimate of drug-likeness (QED) is 0.893. The zero-order chi connectivity index (χ0) is 13.1. The van der Waals surface area contributed by atoms with E-state index in [1.54, 1.807) is 0 Å². The topological polar surface area (TPSA) is 66.0 Å². The summed E-state index contributed by atoms with van der Waals surface area (Å²) in [5, 5.41) is 9.79. The van der Waals surface area contributed by atoms with Crippen LogP contribution < -0.4 is 5.56 Å². The van der Waals surface area contributed by atoms with Gasteiger partial charge in [0.25, 0.3) is 5.56 Å². The van der Waals surface area contributed by atoms with Crippen LogP contribution in [0.1, 0.15) is 5.82 Å². The Bertz CT molecular complexity index is 610. The number of nitrogens with zero attached hydrogens (tertiary/aromatic N) is 1. The minimum atomic E-state index is -0.432. The zero-order valence-corrected chi connectivity index (χ0v) is 10.4. The lowest BCUT2D eigenvalue weighted by Crippen LogP contribution is -2.13. The summed E-state index contributed by atoms with van der Waals surface area (Å²) in [7, 11) is 0. The number of aromatic nitrogens is 2. The van der Waals surface area contributed by atoms with Crippen molar-refractivity contribution in [1.82, 2.24) is 9.97 Å². The van der Waals surface area contributed by atoms with E-state index < -0.39 is 11.4 Å². The van der Waals surface area contributed by atoms with Crippen molar-refractivity contribution < 1.29 is 9.50 Å². The number of benzene rings is 1. The Morgan fingerprint density at radius 2 is 2.06 bits per heavy atom. The van der Waals surface area contributed by atoms with Gasteiger partial charge in [-0.2, -0.15) is 16.7 Å². The average Bonchev–Trinajstić information content (AvgIpc) is 2.31. The molecule has 1 heterocycles. The normalized spacial score (nSPS) is 10.6. The molecule has 4 nitrogen and oxygen atoms in total. The summed E-state index contributed by atoms with van der Waals surface area (Å²) in [5.41, 5.74) is 0.0522. The summed E-state index contributed by atoms with van der Waals surface area (Å²) < 4.78 is 12.8. The van der Waals surface area contributed by atoms with Gasteiger partial charge in [0.05, 0.1) is 5.75 Å². The fourth-order valence-electron chi connectivity index (χ4n) is 1.59. The van der Waals surface area contributed by atoms with Gasteiger partial charge in [-0.3, -0.25) is 4.79 Å². The molecule has 0 unspecified atom stereocenters. The second-order valence-corrected chi connectivity index (χ2v) is 4.52. The number of nitrogens with one attached hydrogen (secondary N) is 1. The molecule has 18 heavy (non-hydrogen) atoms. The molecular weight excluding hydrogens is 255 g/mol. The first-order chi connectivity index (χ1) is 8.61. The second kappa shape index (κ2) is 5.22. The van der Waals surface area contributed by atoms with Gasteiger partial charge < -0.3 is 10.1 Å².